The van der Waals surface area contributed by atoms with Crippen LogP contribution in [0.5, 0.6) is 0 Å². The number of benzene rings is 1. The molecule has 18 heavy (non-hydrogen) atoms. The zero-order valence-corrected chi connectivity index (χ0v) is 11.1. The fourth-order valence-corrected chi connectivity index (χ4v) is 1.61. The summed E-state index contributed by atoms with van der Waals surface area (Å²) in [5, 5.41) is 11.1. The Labute approximate surface area is 107 Å². The summed E-state index contributed by atoms with van der Waals surface area (Å²) in [5.74, 6) is 0. The first-order valence-electron chi connectivity index (χ1n) is 5.81. The second kappa shape index (κ2) is 5.16. The van der Waals surface area contributed by atoms with Crippen LogP contribution in [0.2, 0.25) is 0 Å². The van der Waals surface area contributed by atoms with Crippen LogP contribution >= 0.6 is 0 Å². The van der Waals surface area contributed by atoms with Gasteiger partial charge in [0.25, 0.3) is 5.69 Å². The zero-order chi connectivity index (χ0) is 13.9. The predicted molar refractivity (Wildman–Crippen MR) is 71.3 cm³/mol. The first-order valence-corrected chi connectivity index (χ1v) is 5.81. The minimum atomic E-state index is -0.454. The van der Waals surface area contributed by atoms with Gasteiger partial charge in [-0.1, -0.05) is 6.92 Å². The van der Waals surface area contributed by atoms with Crippen molar-refractivity contribution in [1.82, 2.24) is 0 Å². The lowest BCUT2D eigenvalue weighted by Gasteiger charge is -2.36. The standard InChI is InChI=1S/C13H18N2O3/c1-5-13(2,3)14(4)11-7-6-10(9-16)8-12(11)15(17)18/h6-9H,5H2,1-4H3. The van der Waals surface area contributed by atoms with Crippen LogP contribution in [0, 0.1) is 10.1 Å². The molecule has 0 radical (unpaired) electrons. The number of nitro benzene ring substituents is 1. The van der Waals surface area contributed by atoms with E-state index in [0.717, 1.165) is 6.42 Å². The van der Waals surface area contributed by atoms with Gasteiger partial charge in [-0.2, -0.15) is 0 Å². The molecule has 0 fully saturated rings. The van der Waals surface area contributed by atoms with E-state index < -0.39 is 4.92 Å². The van der Waals surface area contributed by atoms with Crippen molar-refractivity contribution in [1.29, 1.82) is 0 Å². The molecule has 1 aromatic rings. The van der Waals surface area contributed by atoms with E-state index in [-0.39, 0.29) is 11.2 Å². The average Bonchev–Trinajstić information content (AvgIpc) is 2.36. The van der Waals surface area contributed by atoms with Crippen LogP contribution in [0.1, 0.15) is 37.6 Å². The third-order valence-corrected chi connectivity index (χ3v) is 3.47. The zero-order valence-electron chi connectivity index (χ0n) is 11.1. The fraction of sp³-hybridized carbons (Fsp3) is 0.462. The van der Waals surface area contributed by atoms with Crippen molar-refractivity contribution < 1.29 is 9.72 Å². The monoisotopic (exact) mass is 250 g/mol. The van der Waals surface area contributed by atoms with Gasteiger partial charge in [0.2, 0.25) is 0 Å². The number of nitro groups is 1. The molecule has 0 aromatic heterocycles. The van der Waals surface area contributed by atoms with E-state index in [1.165, 1.54) is 6.07 Å². The summed E-state index contributed by atoms with van der Waals surface area (Å²) in [4.78, 5) is 23.2. The topological polar surface area (TPSA) is 63.5 Å². The van der Waals surface area contributed by atoms with Gasteiger partial charge in [0.05, 0.1) is 4.92 Å². The van der Waals surface area contributed by atoms with Crippen LogP contribution in [-0.2, 0) is 0 Å². The number of carbonyl (C=O) groups excluding carboxylic acids is 1. The lowest BCUT2D eigenvalue weighted by molar-refractivity contribution is -0.384. The third kappa shape index (κ3) is 2.67. The van der Waals surface area contributed by atoms with Gasteiger partial charge in [-0.3, -0.25) is 14.9 Å². The Morgan fingerprint density at radius 3 is 2.50 bits per heavy atom. The highest BCUT2D eigenvalue weighted by Crippen LogP contribution is 2.33. The maximum atomic E-state index is 11.1. The smallest absolute Gasteiger partial charge is 0.293 e. The first kappa shape index (κ1) is 14.2. The molecule has 0 aliphatic carbocycles. The lowest BCUT2D eigenvalue weighted by atomic mass is 9.98. The van der Waals surface area contributed by atoms with Crippen molar-refractivity contribution >= 4 is 17.7 Å². The number of rotatable bonds is 5. The molecule has 0 amide bonds. The van der Waals surface area contributed by atoms with Crippen molar-refractivity contribution in [3.8, 4) is 0 Å². The maximum absolute atomic E-state index is 11.1. The molecule has 0 saturated heterocycles. The van der Waals surface area contributed by atoms with Gasteiger partial charge in [0.15, 0.2) is 0 Å². The Hall–Kier alpha value is -1.91. The Morgan fingerprint density at radius 2 is 2.06 bits per heavy atom. The first-order chi connectivity index (χ1) is 8.33. The SMILES string of the molecule is CCC(C)(C)N(C)c1ccc(C=O)cc1[N+](=O)[O-]. The molecular weight excluding hydrogens is 232 g/mol. The summed E-state index contributed by atoms with van der Waals surface area (Å²) in [7, 11) is 1.83. The van der Waals surface area contributed by atoms with Crippen molar-refractivity contribution in [2.45, 2.75) is 32.7 Å². The van der Waals surface area contributed by atoms with E-state index in [0.29, 0.717) is 17.5 Å². The fourth-order valence-electron chi connectivity index (χ4n) is 1.61. The highest BCUT2D eigenvalue weighted by molar-refractivity contribution is 5.79. The van der Waals surface area contributed by atoms with Crippen molar-refractivity contribution in [3.63, 3.8) is 0 Å². The van der Waals surface area contributed by atoms with Crippen LogP contribution < -0.4 is 4.90 Å². The maximum Gasteiger partial charge on any atom is 0.293 e. The van der Waals surface area contributed by atoms with Gasteiger partial charge >= 0.3 is 0 Å². The normalized spacial score (nSPS) is 11.1. The van der Waals surface area contributed by atoms with Gasteiger partial charge in [0.1, 0.15) is 12.0 Å². The quantitative estimate of drug-likeness (QED) is 0.457. The molecule has 0 heterocycles. The summed E-state index contributed by atoms with van der Waals surface area (Å²) in [6, 6.07) is 4.53. The molecule has 0 aliphatic rings. The highest BCUT2D eigenvalue weighted by Gasteiger charge is 2.27. The van der Waals surface area contributed by atoms with Crippen molar-refractivity contribution in [2.24, 2.45) is 0 Å². The van der Waals surface area contributed by atoms with Crippen molar-refractivity contribution in [2.75, 3.05) is 11.9 Å². The number of aldehydes is 1. The summed E-state index contributed by atoms with van der Waals surface area (Å²) in [6.45, 7) is 6.07. The number of nitrogens with zero attached hydrogens (tertiary/aromatic N) is 2. The van der Waals surface area contributed by atoms with Gasteiger partial charge in [-0.05, 0) is 32.4 Å². The molecule has 0 aliphatic heterocycles. The Morgan fingerprint density at radius 1 is 1.44 bits per heavy atom. The largest absolute Gasteiger partial charge is 0.364 e. The third-order valence-electron chi connectivity index (χ3n) is 3.47. The van der Waals surface area contributed by atoms with Crippen molar-refractivity contribution in [3.05, 3.63) is 33.9 Å². The van der Waals surface area contributed by atoms with E-state index >= 15 is 0 Å². The molecule has 5 heteroatoms. The second-order valence-electron chi connectivity index (χ2n) is 4.85. The number of hydrogen-bond donors (Lipinski definition) is 0. The van der Waals surface area contributed by atoms with E-state index in [1.807, 2.05) is 32.7 Å². The molecule has 0 spiro atoms. The summed E-state index contributed by atoms with van der Waals surface area (Å²) >= 11 is 0. The highest BCUT2D eigenvalue weighted by atomic mass is 16.6. The molecule has 0 unspecified atom stereocenters. The van der Waals surface area contributed by atoms with E-state index in [1.54, 1.807) is 12.1 Å². The van der Waals surface area contributed by atoms with Crippen LogP contribution in [0.3, 0.4) is 0 Å². The molecule has 0 N–H and O–H groups in total. The van der Waals surface area contributed by atoms with E-state index in [9.17, 15) is 14.9 Å². The number of carbonyl (C=O) groups is 1. The van der Waals surface area contributed by atoms with Crippen LogP contribution in [-0.4, -0.2) is 23.8 Å². The molecule has 1 aromatic carbocycles. The van der Waals surface area contributed by atoms with Crippen LogP contribution in [0.25, 0.3) is 0 Å². The van der Waals surface area contributed by atoms with Crippen LogP contribution in [0.15, 0.2) is 18.2 Å². The van der Waals surface area contributed by atoms with Gasteiger partial charge in [-0.15, -0.1) is 0 Å². The number of hydrogen-bond acceptors (Lipinski definition) is 4. The van der Waals surface area contributed by atoms with Gasteiger partial charge < -0.3 is 4.90 Å². The molecule has 0 bridgehead atoms. The van der Waals surface area contributed by atoms with Gasteiger partial charge in [0, 0.05) is 24.2 Å². The van der Waals surface area contributed by atoms with Crippen LogP contribution in [0.4, 0.5) is 11.4 Å². The average molecular weight is 250 g/mol. The molecule has 0 atom stereocenters. The van der Waals surface area contributed by atoms with E-state index in [2.05, 4.69) is 0 Å². The minimum Gasteiger partial charge on any atom is -0.364 e. The molecular formula is C13H18N2O3. The molecule has 0 saturated carbocycles. The Balaban J connectivity index is 3.32. The molecule has 98 valence electrons. The summed E-state index contributed by atoms with van der Waals surface area (Å²) < 4.78 is 0. The summed E-state index contributed by atoms with van der Waals surface area (Å²) in [6.07, 6.45) is 1.47. The lowest BCUT2D eigenvalue weighted by Crippen LogP contribution is -2.40. The number of anilines is 1. The predicted octanol–water partition coefficient (Wildman–Crippen LogP) is 3.03. The molecule has 5 nitrogen and oxygen atoms in total. The van der Waals surface area contributed by atoms with Gasteiger partial charge in [-0.25, -0.2) is 0 Å². The molecule has 1 rings (SSSR count). The summed E-state index contributed by atoms with van der Waals surface area (Å²) in [5.41, 5.74) is 0.613. The second-order valence-corrected chi connectivity index (χ2v) is 4.85. The minimum absolute atomic E-state index is 0.0383. The Kier molecular flexibility index (Phi) is 4.06. The van der Waals surface area contributed by atoms with E-state index in [4.69, 9.17) is 0 Å². The Bertz CT molecular complexity index is 469.